The molecule has 0 spiro atoms. The Morgan fingerprint density at radius 3 is 2.67 bits per heavy atom. The molecule has 1 aromatic heterocycles. The van der Waals surface area contributed by atoms with Crippen molar-refractivity contribution in [1.29, 1.82) is 0 Å². The average molecular weight is 285 g/mol. The van der Waals surface area contributed by atoms with Gasteiger partial charge in [-0.2, -0.15) is 0 Å². The van der Waals surface area contributed by atoms with Crippen LogP contribution in [0.15, 0.2) is 42.6 Å². The van der Waals surface area contributed by atoms with E-state index in [2.05, 4.69) is 11.9 Å². The van der Waals surface area contributed by atoms with E-state index >= 15 is 0 Å². The van der Waals surface area contributed by atoms with Crippen molar-refractivity contribution in [3.8, 4) is 0 Å². The molecule has 1 heterocycles. The van der Waals surface area contributed by atoms with Crippen molar-refractivity contribution in [2.24, 2.45) is 0 Å². The quantitative estimate of drug-likeness (QED) is 0.851. The monoisotopic (exact) mass is 285 g/mol. The minimum absolute atomic E-state index is 0.0810. The largest absolute Gasteiger partial charge is 0.478 e. The van der Waals surface area contributed by atoms with Crippen LogP contribution in [0.5, 0.6) is 0 Å². The van der Waals surface area contributed by atoms with Gasteiger partial charge < -0.3 is 15.7 Å². The molecule has 0 fully saturated rings. The first kappa shape index (κ1) is 14.8. The Labute approximate surface area is 124 Å². The lowest BCUT2D eigenvalue weighted by molar-refractivity contribution is 0.0698. The van der Waals surface area contributed by atoms with Crippen LogP contribution in [0.2, 0.25) is 0 Å². The van der Waals surface area contributed by atoms with E-state index in [9.17, 15) is 9.90 Å². The minimum atomic E-state index is -1.04. The Morgan fingerprint density at radius 2 is 2.05 bits per heavy atom. The molecule has 0 amide bonds. The Morgan fingerprint density at radius 1 is 1.33 bits per heavy atom. The summed E-state index contributed by atoms with van der Waals surface area (Å²) in [6.45, 7) is 2.89. The van der Waals surface area contributed by atoms with Gasteiger partial charge in [-0.1, -0.05) is 31.5 Å². The second kappa shape index (κ2) is 6.74. The third-order valence-electron chi connectivity index (χ3n) is 3.23. The first-order valence-corrected chi connectivity index (χ1v) is 6.95. The average Bonchev–Trinajstić information content (AvgIpc) is 2.50. The lowest BCUT2D eigenvalue weighted by Gasteiger charge is -2.24. The van der Waals surface area contributed by atoms with E-state index < -0.39 is 5.97 Å². The van der Waals surface area contributed by atoms with Gasteiger partial charge in [0.05, 0.1) is 17.4 Å². The molecule has 5 heteroatoms. The van der Waals surface area contributed by atoms with Crippen molar-refractivity contribution >= 4 is 23.2 Å². The summed E-state index contributed by atoms with van der Waals surface area (Å²) in [4.78, 5) is 17.5. The Kier molecular flexibility index (Phi) is 4.77. The van der Waals surface area contributed by atoms with Crippen LogP contribution in [0, 0.1) is 0 Å². The Bertz CT molecular complexity index is 614. The van der Waals surface area contributed by atoms with Crippen LogP contribution in [0.25, 0.3) is 0 Å². The molecule has 0 saturated carbocycles. The number of aromatic carboxylic acids is 1. The maximum Gasteiger partial charge on any atom is 0.337 e. The molecule has 21 heavy (non-hydrogen) atoms. The Hall–Kier alpha value is -2.56. The van der Waals surface area contributed by atoms with Gasteiger partial charge in [0, 0.05) is 12.2 Å². The predicted molar refractivity (Wildman–Crippen MR) is 84.0 cm³/mol. The van der Waals surface area contributed by atoms with Crippen LogP contribution >= 0.6 is 0 Å². The molecule has 0 aliphatic rings. The lowest BCUT2D eigenvalue weighted by atomic mass is 10.2. The van der Waals surface area contributed by atoms with Gasteiger partial charge in [0.15, 0.2) is 0 Å². The molecule has 0 bridgehead atoms. The number of unbranched alkanes of at least 4 members (excludes halogenated alkanes) is 1. The van der Waals surface area contributed by atoms with Gasteiger partial charge in [0.2, 0.25) is 0 Å². The van der Waals surface area contributed by atoms with Crippen LogP contribution in [0.1, 0.15) is 30.1 Å². The van der Waals surface area contributed by atoms with Crippen molar-refractivity contribution in [2.75, 3.05) is 17.2 Å². The van der Waals surface area contributed by atoms with E-state index in [1.54, 1.807) is 0 Å². The number of nitrogens with zero attached hydrogens (tertiary/aromatic N) is 2. The van der Waals surface area contributed by atoms with E-state index in [1.165, 1.54) is 12.3 Å². The SMILES string of the molecule is CCCCN(c1ccccc1)c1cc(C(=O)O)c(N)cn1. The van der Waals surface area contributed by atoms with Gasteiger partial charge in [-0.3, -0.25) is 0 Å². The van der Waals surface area contributed by atoms with Crippen LogP contribution in [0.4, 0.5) is 17.2 Å². The zero-order valence-electron chi connectivity index (χ0n) is 12.0. The third-order valence-corrected chi connectivity index (χ3v) is 3.23. The van der Waals surface area contributed by atoms with Crippen LogP contribution in [-0.4, -0.2) is 22.6 Å². The summed E-state index contributed by atoms with van der Waals surface area (Å²) in [6.07, 6.45) is 3.44. The summed E-state index contributed by atoms with van der Waals surface area (Å²) in [5.74, 6) is -0.444. The maximum atomic E-state index is 11.2. The number of pyridine rings is 1. The van der Waals surface area contributed by atoms with E-state index in [4.69, 9.17) is 5.73 Å². The van der Waals surface area contributed by atoms with Crippen molar-refractivity contribution in [3.05, 3.63) is 48.2 Å². The van der Waals surface area contributed by atoms with Gasteiger partial charge in [-0.05, 0) is 24.6 Å². The molecule has 0 aliphatic heterocycles. The van der Waals surface area contributed by atoms with E-state index in [-0.39, 0.29) is 11.3 Å². The number of hydrogen-bond acceptors (Lipinski definition) is 4. The van der Waals surface area contributed by atoms with Gasteiger partial charge in [-0.15, -0.1) is 0 Å². The fraction of sp³-hybridized carbons (Fsp3) is 0.250. The highest BCUT2D eigenvalue weighted by Crippen LogP contribution is 2.26. The highest BCUT2D eigenvalue weighted by molar-refractivity contribution is 5.94. The summed E-state index contributed by atoms with van der Waals surface area (Å²) in [5, 5.41) is 9.19. The summed E-state index contributed by atoms with van der Waals surface area (Å²) >= 11 is 0. The van der Waals surface area contributed by atoms with E-state index in [1.807, 2.05) is 35.2 Å². The van der Waals surface area contributed by atoms with Crippen LogP contribution < -0.4 is 10.6 Å². The first-order valence-electron chi connectivity index (χ1n) is 6.95. The number of nitrogen functional groups attached to an aromatic ring is 1. The second-order valence-corrected chi connectivity index (χ2v) is 4.78. The second-order valence-electron chi connectivity index (χ2n) is 4.78. The number of carboxylic acid groups (broad SMARTS) is 1. The smallest absolute Gasteiger partial charge is 0.337 e. The predicted octanol–water partition coefficient (Wildman–Crippen LogP) is 3.30. The molecule has 0 aliphatic carbocycles. The first-order chi connectivity index (χ1) is 10.1. The summed E-state index contributed by atoms with van der Waals surface area (Å²) in [7, 11) is 0. The third kappa shape index (κ3) is 3.51. The topological polar surface area (TPSA) is 79.5 Å². The number of anilines is 3. The highest BCUT2D eigenvalue weighted by Gasteiger charge is 2.15. The molecule has 0 atom stereocenters. The van der Waals surface area contributed by atoms with Crippen LogP contribution in [0.3, 0.4) is 0 Å². The standard InChI is InChI=1S/C16H19N3O2/c1-2-3-9-19(12-7-5-4-6-8-12)15-10-13(16(20)21)14(17)11-18-15/h4-8,10-11H,2-3,9,17H2,1H3,(H,20,21). The van der Waals surface area contributed by atoms with Crippen molar-refractivity contribution < 1.29 is 9.90 Å². The molecule has 2 rings (SSSR count). The number of rotatable bonds is 6. The highest BCUT2D eigenvalue weighted by atomic mass is 16.4. The number of nitrogens with two attached hydrogens (primary N) is 1. The molecule has 0 saturated heterocycles. The fourth-order valence-corrected chi connectivity index (χ4v) is 2.09. The molecule has 0 radical (unpaired) electrons. The van der Waals surface area contributed by atoms with Gasteiger partial charge >= 0.3 is 5.97 Å². The zero-order valence-corrected chi connectivity index (χ0v) is 12.0. The number of aromatic nitrogens is 1. The number of carbonyl (C=O) groups is 1. The molecule has 5 nitrogen and oxygen atoms in total. The number of hydrogen-bond donors (Lipinski definition) is 2. The van der Waals surface area contributed by atoms with Crippen molar-refractivity contribution in [2.45, 2.75) is 19.8 Å². The van der Waals surface area contributed by atoms with E-state index in [0.717, 1.165) is 25.1 Å². The van der Waals surface area contributed by atoms with Gasteiger partial charge in [0.1, 0.15) is 5.82 Å². The van der Waals surface area contributed by atoms with Crippen molar-refractivity contribution in [1.82, 2.24) is 4.98 Å². The van der Waals surface area contributed by atoms with Crippen molar-refractivity contribution in [3.63, 3.8) is 0 Å². The molecular formula is C16H19N3O2. The molecular weight excluding hydrogens is 266 g/mol. The minimum Gasteiger partial charge on any atom is -0.478 e. The fourth-order valence-electron chi connectivity index (χ4n) is 2.09. The molecule has 1 aromatic carbocycles. The Balaban J connectivity index is 2.41. The normalized spacial score (nSPS) is 10.3. The number of para-hydroxylation sites is 1. The molecule has 0 unspecified atom stereocenters. The summed E-state index contributed by atoms with van der Waals surface area (Å²) < 4.78 is 0. The zero-order chi connectivity index (χ0) is 15.2. The number of benzene rings is 1. The molecule has 110 valence electrons. The van der Waals surface area contributed by atoms with Gasteiger partial charge in [-0.25, -0.2) is 9.78 Å². The summed E-state index contributed by atoms with van der Waals surface area (Å²) in [5.41, 5.74) is 6.91. The number of carboxylic acids is 1. The van der Waals surface area contributed by atoms with Crippen LogP contribution in [-0.2, 0) is 0 Å². The molecule has 3 N–H and O–H groups in total. The maximum absolute atomic E-state index is 11.2. The van der Waals surface area contributed by atoms with Gasteiger partial charge in [0.25, 0.3) is 0 Å². The summed E-state index contributed by atoms with van der Waals surface area (Å²) in [6, 6.07) is 11.3. The lowest BCUT2D eigenvalue weighted by Crippen LogP contribution is -2.20. The van der Waals surface area contributed by atoms with E-state index in [0.29, 0.717) is 5.82 Å². The molecule has 2 aromatic rings.